The van der Waals surface area contributed by atoms with Gasteiger partial charge in [-0.1, -0.05) is 20.8 Å². The summed E-state index contributed by atoms with van der Waals surface area (Å²) in [5.41, 5.74) is 1.42. The number of pyridine rings is 1. The van der Waals surface area contributed by atoms with Gasteiger partial charge >= 0.3 is 23.1 Å². The van der Waals surface area contributed by atoms with E-state index in [1.807, 2.05) is 37.2 Å². The first-order valence-electron chi connectivity index (χ1n) is 7.51. The third-order valence-electron chi connectivity index (χ3n) is 3.71. The Balaban J connectivity index is 0.000000364. The Morgan fingerprint density at radius 1 is 0.905 bits per heavy atom. The topological polar surface area (TPSA) is 32.2 Å². The summed E-state index contributed by atoms with van der Waals surface area (Å²) in [5.74, 6) is 0.689. The molecule has 2 heterocycles. The van der Waals surface area contributed by atoms with E-state index in [9.17, 15) is 0 Å². The third-order valence-corrected chi connectivity index (χ3v) is 3.71. The summed E-state index contributed by atoms with van der Waals surface area (Å²) in [6.45, 7) is 8.85. The molecule has 4 heteroatoms. The van der Waals surface area contributed by atoms with E-state index in [2.05, 4.69) is 54.4 Å². The first-order chi connectivity index (χ1) is 9.69. The summed E-state index contributed by atoms with van der Waals surface area (Å²) in [5, 5.41) is 0. The summed E-state index contributed by atoms with van der Waals surface area (Å²) in [6.07, 6.45) is 14.3. The number of nitrogens with one attached hydrogen (secondary N) is 2. The molecule has 0 fully saturated rings. The van der Waals surface area contributed by atoms with Crippen LogP contribution in [0.15, 0.2) is 49.3 Å². The van der Waals surface area contributed by atoms with Crippen LogP contribution in [0.3, 0.4) is 0 Å². The molecule has 21 heavy (non-hydrogen) atoms. The van der Waals surface area contributed by atoms with Gasteiger partial charge < -0.3 is 0 Å². The normalized spacial score (nSPS) is 12.4. The van der Waals surface area contributed by atoms with Gasteiger partial charge in [-0.2, -0.15) is 4.57 Å². The van der Waals surface area contributed by atoms with E-state index in [4.69, 9.17) is 0 Å². The van der Waals surface area contributed by atoms with Gasteiger partial charge in [-0.05, 0) is 24.8 Å². The van der Waals surface area contributed by atoms with Crippen LogP contribution >= 0.6 is 0 Å². The van der Waals surface area contributed by atoms with Crippen LogP contribution in [0.4, 0.5) is 0 Å². The molecule has 0 spiro atoms. The van der Waals surface area contributed by atoms with Gasteiger partial charge in [0.25, 0.3) is 0 Å². The maximum atomic E-state index is 3.01. The van der Waals surface area contributed by atoms with Crippen molar-refractivity contribution in [3.05, 3.63) is 54.9 Å². The molecule has 0 aliphatic heterocycles. The van der Waals surface area contributed by atoms with Crippen LogP contribution in [-0.4, -0.2) is 23.1 Å². The molecule has 0 aliphatic carbocycles. The minimum absolute atomic E-state index is 0. The van der Waals surface area contributed by atoms with E-state index in [1.165, 1.54) is 18.4 Å². The zero-order valence-electron chi connectivity index (χ0n) is 13.8. The van der Waals surface area contributed by atoms with E-state index in [-0.39, 0.29) is 23.1 Å². The fourth-order valence-electron chi connectivity index (χ4n) is 1.83. The third kappa shape index (κ3) is 7.53. The van der Waals surface area contributed by atoms with Crippen LogP contribution in [0.25, 0.3) is 0 Å². The summed E-state index contributed by atoms with van der Waals surface area (Å²) < 4.78 is 2.19. The van der Waals surface area contributed by atoms with E-state index in [0.717, 1.165) is 0 Å². The van der Waals surface area contributed by atoms with Gasteiger partial charge in [-0.25, -0.2) is 9.97 Å². The predicted molar refractivity (Wildman–Crippen MR) is 85.7 cm³/mol. The van der Waals surface area contributed by atoms with Crippen LogP contribution < -0.4 is 14.5 Å². The quantitative estimate of drug-likeness (QED) is 0.613. The van der Waals surface area contributed by atoms with Gasteiger partial charge in [0.15, 0.2) is 18.4 Å². The molecule has 2 atom stereocenters. The Hall–Kier alpha value is -1.00. The van der Waals surface area contributed by atoms with Crippen molar-refractivity contribution in [2.24, 2.45) is 0 Å². The van der Waals surface area contributed by atoms with Gasteiger partial charge in [0.05, 0.1) is 0 Å². The molecular formula is C17H28MgN3+5. The number of hydrogen-bond donors (Lipinski definition) is 0. The predicted octanol–water partition coefficient (Wildman–Crippen LogP) is 2.39. The molecule has 2 N–H and O–H groups in total. The first kappa shape index (κ1) is 20.0. The van der Waals surface area contributed by atoms with Crippen LogP contribution in [0.1, 0.15) is 58.1 Å². The monoisotopic (exact) mass is 298 g/mol. The van der Waals surface area contributed by atoms with Gasteiger partial charge in [0, 0.05) is 18.6 Å². The zero-order valence-corrected chi connectivity index (χ0v) is 15.3. The first-order valence-corrected chi connectivity index (χ1v) is 7.51. The van der Waals surface area contributed by atoms with Crippen molar-refractivity contribution < 1.29 is 14.5 Å². The standard InChI is InChI=1S/C9H13N.C8H13N2.Mg/c1-3-8(2)9-4-6-10-7-5-9;1-3-8(2)10-6-4-9-5-7-10;/h2*4-8H,3H2,1-2H3;/q;+1;+2/p+2. The molecule has 2 unspecified atom stereocenters. The molecule has 108 valence electrons. The number of nitrogens with zero attached hydrogens (tertiary/aromatic N) is 1. The average Bonchev–Trinajstić information content (AvgIpc) is 2.55. The fourth-order valence-corrected chi connectivity index (χ4v) is 1.83. The van der Waals surface area contributed by atoms with Crippen molar-refractivity contribution in [3.63, 3.8) is 0 Å². The van der Waals surface area contributed by atoms with Crippen molar-refractivity contribution in [2.45, 2.75) is 52.5 Å². The molecular weight excluding hydrogens is 271 g/mol. The second kappa shape index (κ2) is 11.6. The number of rotatable bonds is 4. The van der Waals surface area contributed by atoms with Gasteiger partial charge in [0.2, 0.25) is 24.8 Å². The maximum Gasteiger partial charge on any atom is 2.00 e. The van der Waals surface area contributed by atoms with E-state index in [0.29, 0.717) is 12.0 Å². The molecule has 0 saturated heterocycles. The minimum atomic E-state index is 0. The Bertz CT molecular complexity index is 416. The van der Waals surface area contributed by atoms with E-state index >= 15 is 0 Å². The maximum absolute atomic E-state index is 3.01. The van der Waals surface area contributed by atoms with Crippen molar-refractivity contribution in [1.29, 1.82) is 0 Å². The fraction of sp³-hybridized carbons (Fsp3) is 0.471. The minimum Gasteiger partial charge on any atom is -0.218 e. The summed E-state index contributed by atoms with van der Waals surface area (Å²) in [7, 11) is 0. The largest absolute Gasteiger partial charge is 2.00 e. The van der Waals surface area contributed by atoms with Crippen LogP contribution in [0, 0.1) is 0 Å². The molecule has 0 amide bonds. The SMILES string of the molecule is CCC(C)[n+]1cc[nH+]cc1.CCC(C)c1cc[nH+]cc1.[Mg+2]. The number of aromatic amines is 2. The zero-order chi connectivity index (χ0) is 14.8. The average molecular weight is 299 g/mol. The molecule has 0 bridgehead atoms. The molecule has 0 radical (unpaired) electrons. The Morgan fingerprint density at radius 3 is 1.90 bits per heavy atom. The van der Waals surface area contributed by atoms with Crippen LogP contribution in [-0.2, 0) is 0 Å². The van der Waals surface area contributed by atoms with Crippen LogP contribution in [0.5, 0.6) is 0 Å². The molecule has 0 aliphatic rings. The second-order valence-electron chi connectivity index (χ2n) is 5.15. The van der Waals surface area contributed by atoms with E-state index < -0.39 is 0 Å². The number of hydrogen-bond acceptors (Lipinski definition) is 0. The number of aromatic nitrogens is 3. The number of H-pyrrole nitrogens is 2. The van der Waals surface area contributed by atoms with Gasteiger partial charge in [-0.3, -0.25) is 0 Å². The summed E-state index contributed by atoms with van der Waals surface area (Å²) in [4.78, 5) is 6.00. The Labute approximate surface area is 145 Å². The van der Waals surface area contributed by atoms with E-state index in [1.54, 1.807) is 0 Å². The molecule has 2 rings (SSSR count). The summed E-state index contributed by atoms with van der Waals surface area (Å²) in [6, 6.07) is 4.87. The second-order valence-corrected chi connectivity index (χ2v) is 5.15. The molecule has 2 aromatic rings. The smallest absolute Gasteiger partial charge is 0.218 e. The van der Waals surface area contributed by atoms with Crippen molar-refractivity contribution in [1.82, 2.24) is 0 Å². The molecule has 3 nitrogen and oxygen atoms in total. The molecule has 0 aromatic carbocycles. The summed E-state index contributed by atoms with van der Waals surface area (Å²) >= 11 is 0. The van der Waals surface area contributed by atoms with Gasteiger partial charge in [0.1, 0.15) is 0 Å². The van der Waals surface area contributed by atoms with Crippen molar-refractivity contribution >= 4 is 23.1 Å². The van der Waals surface area contributed by atoms with Crippen molar-refractivity contribution in [2.75, 3.05) is 0 Å². The molecule has 2 aromatic heterocycles. The van der Waals surface area contributed by atoms with Crippen LogP contribution in [0.2, 0.25) is 0 Å². The van der Waals surface area contributed by atoms with Gasteiger partial charge in [-0.15, -0.1) is 0 Å². The van der Waals surface area contributed by atoms with Crippen molar-refractivity contribution in [3.8, 4) is 0 Å². The Morgan fingerprint density at radius 2 is 1.43 bits per heavy atom. The Kier molecular flexibility index (Phi) is 11.1. The molecule has 0 saturated carbocycles.